The van der Waals surface area contributed by atoms with Gasteiger partial charge >= 0.3 is 0 Å². The molecule has 0 spiro atoms. The van der Waals surface area contributed by atoms with E-state index in [2.05, 4.69) is 20.3 Å². The molecule has 5 rings (SSSR count). The SMILES string of the molecule is Cc1ccnc2cc(C(C)Nc3nccc4scnc34)n(-c3ccccc3)c(=O)c12. The fourth-order valence-corrected chi connectivity index (χ4v) is 4.41. The molecule has 0 aliphatic carbocycles. The molecule has 1 aromatic carbocycles. The second-order valence-electron chi connectivity index (χ2n) is 7.16. The Morgan fingerprint density at radius 2 is 1.83 bits per heavy atom. The number of benzene rings is 1. The van der Waals surface area contributed by atoms with Crippen LogP contribution >= 0.6 is 11.3 Å². The van der Waals surface area contributed by atoms with E-state index in [4.69, 9.17) is 0 Å². The number of para-hydroxylation sites is 1. The Balaban J connectivity index is 1.71. The number of nitrogens with zero attached hydrogens (tertiary/aromatic N) is 4. The van der Waals surface area contributed by atoms with Crippen molar-refractivity contribution < 1.29 is 0 Å². The topological polar surface area (TPSA) is 72.7 Å². The van der Waals surface area contributed by atoms with Crippen molar-refractivity contribution in [2.75, 3.05) is 5.32 Å². The number of thiazole rings is 1. The number of fused-ring (bicyclic) bond motifs is 2. The van der Waals surface area contributed by atoms with Crippen LogP contribution in [0.3, 0.4) is 0 Å². The van der Waals surface area contributed by atoms with Gasteiger partial charge in [-0.2, -0.15) is 0 Å². The van der Waals surface area contributed by atoms with E-state index in [-0.39, 0.29) is 11.6 Å². The van der Waals surface area contributed by atoms with Crippen LogP contribution < -0.4 is 10.9 Å². The van der Waals surface area contributed by atoms with Crippen LogP contribution in [0.25, 0.3) is 26.8 Å². The van der Waals surface area contributed by atoms with Crippen LogP contribution in [0.15, 0.2) is 71.2 Å². The van der Waals surface area contributed by atoms with Crippen LogP contribution in [-0.2, 0) is 0 Å². The smallest absolute Gasteiger partial charge is 0.265 e. The Morgan fingerprint density at radius 1 is 1.03 bits per heavy atom. The number of aryl methyl sites for hydroxylation is 1. The second-order valence-corrected chi connectivity index (χ2v) is 8.04. The van der Waals surface area contributed by atoms with E-state index < -0.39 is 0 Å². The van der Waals surface area contributed by atoms with Gasteiger partial charge < -0.3 is 5.32 Å². The predicted molar refractivity (Wildman–Crippen MR) is 122 cm³/mol. The molecule has 0 bridgehead atoms. The summed E-state index contributed by atoms with van der Waals surface area (Å²) in [5.74, 6) is 0.700. The van der Waals surface area contributed by atoms with Crippen LogP contribution in [0, 0.1) is 6.92 Å². The van der Waals surface area contributed by atoms with E-state index in [9.17, 15) is 4.79 Å². The molecule has 148 valence electrons. The van der Waals surface area contributed by atoms with Crippen LogP contribution in [-0.4, -0.2) is 19.5 Å². The number of hydrogen-bond acceptors (Lipinski definition) is 6. The van der Waals surface area contributed by atoms with Gasteiger partial charge in [-0.05, 0) is 49.7 Å². The van der Waals surface area contributed by atoms with Crippen molar-refractivity contribution in [1.82, 2.24) is 19.5 Å². The van der Waals surface area contributed by atoms with Gasteiger partial charge in [0.15, 0.2) is 5.82 Å². The molecule has 1 atom stereocenters. The van der Waals surface area contributed by atoms with Crippen LogP contribution in [0.2, 0.25) is 0 Å². The quantitative estimate of drug-likeness (QED) is 0.455. The fraction of sp³-hybridized carbons (Fsp3) is 0.130. The maximum atomic E-state index is 13.6. The molecule has 1 N–H and O–H groups in total. The van der Waals surface area contributed by atoms with Crippen molar-refractivity contribution in [1.29, 1.82) is 0 Å². The van der Waals surface area contributed by atoms with Gasteiger partial charge in [-0.1, -0.05) is 18.2 Å². The van der Waals surface area contributed by atoms with Crippen LogP contribution in [0.5, 0.6) is 0 Å². The van der Waals surface area contributed by atoms with E-state index in [1.54, 1.807) is 28.3 Å². The molecule has 4 aromatic heterocycles. The number of hydrogen-bond donors (Lipinski definition) is 1. The highest BCUT2D eigenvalue weighted by molar-refractivity contribution is 7.16. The van der Waals surface area contributed by atoms with Gasteiger partial charge in [0.2, 0.25) is 0 Å². The highest BCUT2D eigenvalue weighted by Gasteiger charge is 2.19. The lowest BCUT2D eigenvalue weighted by Crippen LogP contribution is -2.26. The summed E-state index contributed by atoms with van der Waals surface area (Å²) < 4.78 is 2.83. The third kappa shape index (κ3) is 3.04. The maximum absolute atomic E-state index is 13.6. The first-order valence-electron chi connectivity index (χ1n) is 9.65. The Kier molecular flexibility index (Phi) is 4.52. The van der Waals surface area contributed by atoms with E-state index in [0.29, 0.717) is 16.7 Å². The van der Waals surface area contributed by atoms with E-state index >= 15 is 0 Å². The molecular formula is C23H19N5OS. The molecule has 30 heavy (non-hydrogen) atoms. The van der Waals surface area contributed by atoms with Gasteiger partial charge in [-0.3, -0.25) is 14.3 Å². The van der Waals surface area contributed by atoms with E-state index in [1.165, 1.54) is 0 Å². The lowest BCUT2D eigenvalue weighted by molar-refractivity contribution is 0.773. The lowest BCUT2D eigenvalue weighted by atomic mass is 10.1. The first kappa shape index (κ1) is 18.4. The minimum absolute atomic E-state index is 0.0761. The van der Waals surface area contributed by atoms with Crippen LogP contribution in [0.1, 0.15) is 24.2 Å². The number of anilines is 1. The molecule has 0 amide bonds. The van der Waals surface area contributed by atoms with E-state index in [0.717, 1.165) is 27.2 Å². The van der Waals surface area contributed by atoms with Crippen LogP contribution in [0.4, 0.5) is 5.82 Å². The monoisotopic (exact) mass is 413 g/mol. The summed E-state index contributed by atoms with van der Waals surface area (Å²) in [6.07, 6.45) is 3.51. The average Bonchev–Trinajstić information content (AvgIpc) is 3.24. The number of nitrogens with one attached hydrogen (secondary N) is 1. The maximum Gasteiger partial charge on any atom is 0.265 e. The highest BCUT2D eigenvalue weighted by Crippen LogP contribution is 2.28. The Morgan fingerprint density at radius 3 is 2.67 bits per heavy atom. The zero-order chi connectivity index (χ0) is 20.7. The van der Waals surface area contributed by atoms with Crippen molar-refractivity contribution in [3.8, 4) is 5.69 Å². The molecule has 4 heterocycles. The van der Waals surface area contributed by atoms with E-state index in [1.807, 2.05) is 67.9 Å². The Bertz CT molecular complexity index is 1420. The number of pyridine rings is 3. The minimum atomic E-state index is -0.204. The molecule has 6 nitrogen and oxygen atoms in total. The molecule has 0 saturated heterocycles. The van der Waals surface area contributed by atoms with Crippen molar-refractivity contribution in [2.24, 2.45) is 0 Å². The van der Waals surface area contributed by atoms with Crippen molar-refractivity contribution in [3.63, 3.8) is 0 Å². The van der Waals surface area contributed by atoms with Gasteiger partial charge in [0, 0.05) is 18.1 Å². The average molecular weight is 414 g/mol. The first-order chi connectivity index (χ1) is 14.6. The number of rotatable bonds is 4. The summed E-state index contributed by atoms with van der Waals surface area (Å²) in [5.41, 5.74) is 5.80. The first-order valence-corrected chi connectivity index (χ1v) is 10.5. The van der Waals surface area contributed by atoms with Gasteiger partial charge in [0.1, 0.15) is 5.52 Å². The zero-order valence-electron chi connectivity index (χ0n) is 16.5. The molecule has 0 radical (unpaired) electrons. The van der Waals surface area contributed by atoms with Crippen molar-refractivity contribution >= 4 is 38.3 Å². The van der Waals surface area contributed by atoms with Gasteiger partial charge in [0.05, 0.1) is 32.8 Å². The summed E-state index contributed by atoms with van der Waals surface area (Å²) in [6.45, 7) is 3.96. The molecule has 0 saturated carbocycles. The normalized spacial score (nSPS) is 12.3. The third-order valence-electron chi connectivity index (χ3n) is 5.21. The summed E-state index contributed by atoms with van der Waals surface area (Å²) in [7, 11) is 0. The summed E-state index contributed by atoms with van der Waals surface area (Å²) >= 11 is 1.57. The number of aromatic nitrogens is 4. The standard InChI is InChI=1S/C23H19N5OS/c1-14-8-10-24-17-12-18(28(23(29)20(14)17)16-6-4-3-5-7-16)15(2)27-22-21-19(9-11-25-22)30-13-26-21/h3-13,15H,1-2H3,(H,25,27). The van der Waals surface area contributed by atoms with Crippen molar-refractivity contribution in [3.05, 3.63) is 88.0 Å². The molecule has 7 heteroatoms. The van der Waals surface area contributed by atoms with Gasteiger partial charge in [-0.25, -0.2) is 9.97 Å². The zero-order valence-corrected chi connectivity index (χ0v) is 17.4. The summed E-state index contributed by atoms with van der Waals surface area (Å²) in [5, 5.41) is 4.09. The van der Waals surface area contributed by atoms with Gasteiger partial charge in [0.25, 0.3) is 5.56 Å². The minimum Gasteiger partial charge on any atom is -0.360 e. The molecule has 0 aliphatic heterocycles. The predicted octanol–water partition coefficient (Wildman–Crippen LogP) is 4.87. The van der Waals surface area contributed by atoms with Gasteiger partial charge in [-0.15, -0.1) is 11.3 Å². The summed E-state index contributed by atoms with van der Waals surface area (Å²) in [4.78, 5) is 26.9. The molecular weight excluding hydrogens is 394 g/mol. The fourth-order valence-electron chi connectivity index (χ4n) is 3.74. The van der Waals surface area contributed by atoms with Crippen molar-refractivity contribution in [2.45, 2.75) is 19.9 Å². The molecule has 1 unspecified atom stereocenters. The molecule has 0 aliphatic rings. The second kappa shape index (κ2) is 7.35. The summed E-state index contributed by atoms with van der Waals surface area (Å²) in [6, 6.07) is 15.3. The molecule has 0 fully saturated rings. The third-order valence-corrected chi connectivity index (χ3v) is 6.00. The Hall–Kier alpha value is -3.58. The highest BCUT2D eigenvalue weighted by atomic mass is 32.1. The Labute approximate surface area is 176 Å². The molecule has 5 aromatic rings. The largest absolute Gasteiger partial charge is 0.360 e. The lowest BCUT2D eigenvalue weighted by Gasteiger charge is -2.21.